The quantitative estimate of drug-likeness (QED) is 0.459. The zero-order chi connectivity index (χ0) is 21.3. The van der Waals surface area contributed by atoms with E-state index in [1.54, 1.807) is 0 Å². The van der Waals surface area contributed by atoms with E-state index in [-0.39, 0.29) is 17.0 Å². The SMILES string of the molecule is CCC(F)(F)c1cc(-c2cc(Br)co2)n(Cc2ccc(F)cc2F)c(=O)c1C#N. The number of pyridine rings is 1. The second kappa shape index (κ2) is 7.87. The Hall–Kier alpha value is -2.86. The maximum absolute atomic E-state index is 14.4. The van der Waals surface area contributed by atoms with Gasteiger partial charge in [-0.2, -0.15) is 5.26 Å². The van der Waals surface area contributed by atoms with E-state index in [0.717, 1.165) is 22.8 Å². The molecule has 9 heteroatoms. The van der Waals surface area contributed by atoms with Gasteiger partial charge >= 0.3 is 0 Å². The fourth-order valence-electron chi connectivity index (χ4n) is 2.86. The Morgan fingerprint density at radius 3 is 2.52 bits per heavy atom. The second-order valence-corrected chi connectivity index (χ2v) is 7.16. The minimum atomic E-state index is -3.43. The van der Waals surface area contributed by atoms with Gasteiger partial charge in [0.1, 0.15) is 29.5 Å². The monoisotopic (exact) mass is 468 g/mol. The van der Waals surface area contributed by atoms with Gasteiger partial charge in [-0.1, -0.05) is 13.0 Å². The van der Waals surface area contributed by atoms with Crippen molar-refractivity contribution in [3.63, 3.8) is 0 Å². The van der Waals surface area contributed by atoms with Crippen LogP contribution in [0.3, 0.4) is 0 Å². The van der Waals surface area contributed by atoms with Gasteiger partial charge in [-0.05, 0) is 28.1 Å². The molecule has 3 rings (SSSR count). The van der Waals surface area contributed by atoms with Crippen molar-refractivity contribution in [1.29, 1.82) is 5.26 Å². The Morgan fingerprint density at radius 2 is 1.97 bits per heavy atom. The van der Waals surface area contributed by atoms with Gasteiger partial charge in [0.25, 0.3) is 11.5 Å². The smallest absolute Gasteiger partial charge is 0.274 e. The van der Waals surface area contributed by atoms with Crippen molar-refractivity contribution in [2.75, 3.05) is 0 Å². The molecule has 0 atom stereocenters. The number of halogens is 5. The van der Waals surface area contributed by atoms with E-state index in [2.05, 4.69) is 15.9 Å². The van der Waals surface area contributed by atoms with E-state index in [1.807, 2.05) is 0 Å². The van der Waals surface area contributed by atoms with Crippen LogP contribution < -0.4 is 5.56 Å². The van der Waals surface area contributed by atoms with Crippen molar-refractivity contribution in [1.82, 2.24) is 4.57 Å². The van der Waals surface area contributed by atoms with Crippen LogP contribution in [0.5, 0.6) is 0 Å². The standard InChI is InChI=1S/C20H13BrF4N2O2/c1-2-20(24,25)15-7-17(18-5-12(21)10-29-18)27(19(28)14(15)8-26)9-11-3-4-13(22)6-16(11)23/h3-7,10H,2,9H2,1H3. The zero-order valence-electron chi connectivity index (χ0n) is 15.0. The third-order valence-corrected chi connectivity index (χ3v) is 4.83. The summed E-state index contributed by atoms with van der Waals surface area (Å²) in [4.78, 5) is 12.9. The van der Waals surface area contributed by atoms with E-state index in [0.29, 0.717) is 10.5 Å². The summed E-state index contributed by atoms with van der Waals surface area (Å²) < 4.78 is 63.0. The first-order chi connectivity index (χ1) is 13.7. The lowest BCUT2D eigenvalue weighted by Gasteiger charge is -2.20. The molecule has 0 aliphatic heterocycles. The summed E-state index contributed by atoms with van der Waals surface area (Å²) in [6.45, 7) is 0.814. The first kappa shape index (κ1) is 20.9. The van der Waals surface area contributed by atoms with Crippen molar-refractivity contribution in [3.8, 4) is 17.5 Å². The first-order valence-electron chi connectivity index (χ1n) is 8.42. The molecule has 2 heterocycles. The molecular formula is C20H13BrF4N2O2. The number of benzene rings is 1. The molecule has 3 aromatic rings. The molecule has 2 aromatic heterocycles. The fraction of sp³-hybridized carbons (Fsp3) is 0.200. The highest BCUT2D eigenvalue weighted by Gasteiger charge is 2.35. The van der Waals surface area contributed by atoms with Gasteiger partial charge in [-0.3, -0.25) is 9.36 Å². The van der Waals surface area contributed by atoms with Crippen LogP contribution in [-0.2, 0) is 12.5 Å². The molecule has 4 nitrogen and oxygen atoms in total. The maximum atomic E-state index is 14.4. The summed E-state index contributed by atoms with van der Waals surface area (Å²) in [5, 5.41) is 9.35. The average molecular weight is 469 g/mol. The van der Waals surface area contributed by atoms with Gasteiger partial charge in [0.15, 0.2) is 5.76 Å². The summed E-state index contributed by atoms with van der Waals surface area (Å²) in [6.07, 6.45) is 0.664. The van der Waals surface area contributed by atoms with E-state index < -0.39 is 47.2 Å². The molecule has 0 fully saturated rings. The molecule has 0 unspecified atom stereocenters. The van der Waals surface area contributed by atoms with Crippen molar-refractivity contribution < 1.29 is 22.0 Å². The highest BCUT2D eigenvalue weighted by Crippen LogP contribution is 2.36. The number of furan rings is 1. The number of alkyl halides is 2. The Bertz CT molecular complexity index is 1180. The molecule has 0 spiro atoms. The van der Waals surface area contributed by atoms with Crippen LogP contribution in [-0.4, -0.2) is 4.57 Å². The van der Waals surface area contributed by atoms with Crippen LogP contribution in [0.15, 0.2) is 50.3 Å². The third kappa shape index (κ3) is 3.98. The van der Waals surface area contributed by atoms with Gasteiger partial charge in [-0.15, -0.1) is 0 Å². The molecule has 1 aromatic carbocycles. The topological polar surface area (TPSA) is 58.9 Å². The lowest BCUT2D eigenvalue weighted by Crippen LogP contribution is -2.29. The predicted molar refractivity (Wildman–Crippen MR) is 100 cm³/mol. The largest absolute Gasteiger partial charge is 0.462 e. The summed E-state index contributed by atoms with van der Waals surface area (Å²) in [5.74, 6) is -5.08. The zero-order valence-corrected chi connectivity index (χ0v) is 16.6. The van der Waals surface area contributed by atoms with Crippen molar-refractivity contribution in [2.45, 2.75) is 25.8 Å². The number of hydrogen-bond acceptors (Lipinski definition) is 3. The van der Waals surface area contributed by atoms with Crippen LogP contribution in [0.1, 0.15) is 30.0 Å². The van der Waals surface area contributed by atoms with Crippen LogP contribution in [0.2, 0.25) is 0 Å². The molecule has 29 heavy (non-hydrogen) atoms. The second-order valence-electron chi connectivity index (χ2n) is 6.24. The van der Waals surface area contributed by atoms with Gasteiger partial charge in [0, 0.05) is 29.7 Å². The lowest BCUT2D eigenvalue weighted by molar-refractivity contribution is -0.00876. The number of nitriles is 1. The molecule has 0 saturated carbocycles. The van der Waals surface area contributed by atoms with Crippen LogP contribution in [0, 0.1) is 23.0 Å². The predicted octanol–water partition coefficient (Wildman–Crippen LogP) is 5.57. The van der Waals surface area contributed by atoms with E-state index in [1.165, 1.54) is 25.3 Å². The molecule has 0 amide bonds. The minimum Gasteiger partial charge on any atom is -0.462 e. The molecule has 0 aliphatic rings. The first-order valence-corrected chi connectivity index (χ1v) is 9.21. The summed E-state index contributed by atoms with van der Waals surface area (Å²) >= 11 is 3.18. The van der Waals surface area contributed by atoms with Crippen LogP contribution >= 0.6 is 15.9 Å². The van der Waals surface area contributed by atoms with Crippen molar-refractivity contribution >= 4 is 15.9 Å². The Labute approximate surface area is 171 Å². The maximum Gasteiger partial charge on any atom is 0.274 e. The van der Waals surface area contributed by atoms with Gasteiger partial charge < -0.3 is 4.42 Å². The Kier molecular flexibility index (Phi) is 5.66. The highest BCUT2D eigenvalue weighted by molar-refractivity contribution is 9.10. The fourth-order valence-corrected chi connectivity index (χ4v) is 3.16. The van der Waals surface area contributed by atoms with E-state index in [4.69, 9.17) is 4.42 Å². The number of rotatable bonds is 5. The molecular weight excluding hydrogens is 456 g/mol. The van der Waals surface area contributed by atoms with Gasteiger partial charge in [-0.25, -0.2) is 17.6 Å². The number of aromatic nitrogens is 1. The Balaban J connectivity index is 2.31. The van der Waals surface area contributed by atoms with Crippen LogP contribution in [0.4, 0.5) is 17.6 Å². The average Bonchev–Trinajstić information content (AvgIpc) is 3.10. The van der Waals surface area contributed by atoms with E-state index in [9.17, 15) is 27.6 Å². The number of hydrogen-bond donors (Lipinski definition) is 0. The van der Waals surface area contributed by atoms with Crippen molar-refractivity contribution in [3.05, 3.63) is 79.7 Å². The lowest BCUT2D eigenvalue weighted by atomic mass is 9.99. The molecule has 0 aliphatic carbocycles. The highest BCUT2D eigenvalue weighted by atomic mass is 79.9. The molecule has 0 radical (unpaired) electrons. The molecule has 0 bridgehead atoms. The Morgan fingerprint density at radius 1 is 1.24 bits per heavy atom. The van der Waals surface area contributed by atoms with Gasteiger partial charge in [0.2, 0.25) is 0 Å². The molecule has 0 N–H and O–H groups in total. The summed E-state index contributed by atoms with van der Waals surface area (Å²) in [7, 11) is 0. The molecule has 0 saturated heterocycles. The summed E-state index contributed by atoms with van der Waals surface area (Å²) in [6, 6.07) is 6.77. The number of nitrogens with zero attached hydrogens (tertiary/aromatic N) is 2. The van der Waals surface area contributed by atoms with Crippen molar-refractivity contribution in [2.24, 2.45) is 0 Å². The van der Waals surface area contributed by atoms with Gasteiger partial charge in [0.05, 0.1) is 16.7 Å². The third-order valence-electron chi connectivity index (χ3n) is 4.41. The minimum absolute atomic E-state index is 0.0562. The van der Waals surface area contributed by atoms with E-state index >= 15 is 0 Å². The summed E-state index contributed by atoms with van der Waals surface area (Å²) in [5.41, 5.74) is -2.62. The molecule has 150 valence electrons. The van der Waals surface area contributed by atoms with Crippen LogP contribution in [0.25, 0.3) is 11.5 Å². The normalized spacial score (nSPS) is 11.5.